The van der Waals surface area contributed by atoms with Crippen molar-refractivity contribution in [3.8, 4) is 5.75 Å². The Balaban J connectivity index is 1.91. The van der Waals surface area contributed by atoms with Crippen molar-refractivity contribution in [1.82, 2.24) is 10.9 Å². The highest BCUT2D eigenvalue weighted by molar-refractivity contribution is 7.83. The molecule has 2 N–H and O–H groups in total. The second-order valence-corrected chi connectivity index (χ2v) is 6.99. The van der Waals surface area contributed by atoms with Crippen LogP contribution in [0.25, 0.3) is 0 Å². The van der Waals surface area contributed by atoms with Gasteiger partial charge in [-0.05, 0) is 36.8 Å². The molecule has 0 aliphatic carbocycles. The Morgan fingerprint density at radius 2 is 1.88 bits per heavy atom. The number of hydrogen-bond acceptors (Lipinski definition) is 4. The molecule has 2 aromatic rings. The summed E-state index contributed by atoms with van der Waals surface area (Å²) in [7, 11) is -1.03. The van der Waals surface area contributed by atoms with Gasteiger partial charge in [-0.3, -0.25) is 24.6 Å². The van der Waals surface area contributed by atoms with Crippen LogP contribution in [-0.2, 0) is 21.3 Å². The van der Waals surface area contributed by atoms with Crippen molar-refractivity contribution in [2.75, 3.05) is 6.26 Å². The van der Waals surface area contributed by atoms with Gasteiger partial charge >= 0.3 is 0 Å². The highest BCUT2D eigenvalue weighted by Crippen LogP contribution is 2.16. The quantitative estimate of drug-likeness (QED) is 0.753. The Morgan fingerprint density at radius 1 is 1.15 bits per heavy atom. The van der Waals surface area contributed by atoms with E-state index in [1.807, 2.05) is 0 Å². The topological polar surface area (TPSA) is 84.5 Å². The molecule has 0 aliphatic heterocycles. The number of rotatable bonds is 6. The van der Waals surface area contributed by atoms with Crippen LogP contribution in [0.3, 0.4) is 0 Å². The molecule has 2 rings (SSSR count). The average molecular weight is 378 g/mol. The molecule has 2 atom stereocenters. The predicted octanol–water partition coefficient (Wildman–Crippen LogP) is 1.93. The Bertz CT molecular complexity index is 828. The van der Waals surface area contributed by atoms with Crippen LogP contribution in [-0.4, -0.2) is 28.4 Å². The smallest absolute Gasteiger partial charge is 0.279 e. The molecule has 8 heteroatoms. The van der Waals surface area contributed by atoms with E-state index in [1.165, 1.54) is 25.1 Å². The predicted molar refractivity (Wildman–Crippen MR) is 96.3 cm³/mol. The molecular formula is C18H19FN2O4S. The number of halogens is 1. The monoisotopic (exact) mass is 378 g/mol. The molecule has 2 unspecified atom stereocenters. The first kappa shape index (κ1) is 19.6. The highest BCUT2D eigenvalue weighted by Gasteiger charge is 2.17. The Labute approximate surface area is 153 Å². The van der Waals surface area contributed by atoms with Crippen LogP contribution in [0.5, 0.6) is 5.75 Å². The number of benzene rings is 2. The van der Waals surface area contributed by atoms with Crippen LogP contribution in [0.2, 0.25) is 0 Å². The minimum absolute atomic E-state index is 0.0539. The molecule has 26 heavy (non-hydrogen) atoms. The average Bonchev–Trinajstić information content (AvgIpc) is 2.61. The molecule has 0 bridgehead atoms. The van der Waals surface area contributed by atoms with E-state index in [-0.39, 0.29) is 5.75 Å². The van der Waals surface area contributed by atoms with Gasteiger partial charge in [-0.25, -0.2) is 4.39 Å². The maximum Gasteiger partial charge on any atom is 0.279 e. The lowest BCUT2D eigenvalue weighted by atomic mass is 10.1. The van der Waals surface area contributed by atoms with Crippen LogP contribution < -0.4 is 15.6 Å². The summed E-state index contributed by atoms with van der Waals surface area (Å²) in [6.45, 7) is 1.44. The Hall–Kier alpha value is -2.74. The minimum Gasteiger partial charge on any atom is -0.478 e. The third-order valence-electron chi connectivity index (χ3n) is 3.37. The van der Waals surface area contributed by atoms with E-state index in [2.05, 4.69) is 10.9 Å². The number of hydrogen-bond donors (Lipinski definition) is 2. The first-order chi connectivity index (χ1) is 12.4. The molecule has 0 aliphatic rings. The molecule has 2 aromatic carbocycles. The molecule has 0 spiro atoms. The summed E-state index contributed by atoms with van der Waals surface area (Å²) in [4.78, 5) is 24.1. The fourth-order valence-electron chi connectivity index (χ4n) is 2.11. The number of carbonyl (C=O) groups excluding carboxylic acids is 2. The van der Waals surface area contributed by atoms with Crippen LogP contribution in [0.1, 0.15) is 22.8 Å². The van der Waals surface area contributed by atoms with E-state index < -0.39 is 34.5 Å². The zero-order valence-electron chi connectivity index (χ0n) is 14.3. The van der Waals surface area contributed by atoms with Gasteiger partial charge in [-0.2, -0.15) is 0 Å². The SMILES string of the molecule is CC(Oc1ccccc1F)C(=O)NNC(=O)c1cccc(CS(C)=O)c1. The van der Waals surface area contributed by atoms with Crippen LogP contribution >= 0.6 is 0 Å². The highest BCUT2D eigenvalue weighted by atomic mass is 32.2. The summed E-state index contributed by atoms with van der Waals surface area (Å²) in [6, 6.07) is 12.3. The number of amides is 2. The number of nitrogens with one attached hydrogen (secondary N) is 2. The molecule has 6 nitrogen and oxygen atoms in total. The van der Waals surface area contributed by atoms with Crippen molar-refractivity contribution in [2.24, 2.45) is 0 Å². The largest absolute Gasteiger partial charge is 0.478 e. The zero-order chi connectivity index (χ0) is 19.1. The maximum atomic E-state index is 13.5. The standard InChI is InChI=1S/C18H19FN2O4S/c1-12(25-16-9-4-3-8-15(16)19)17(22)20-21-18(23)14-7-5-6-13(10-14)11-26(2)24/h3-10,12H,11H2,1-2H3,(H,20,22)(H,21,23). The second-order valence-electron chi connectivity index (χ2n) is 5.55. The third kappa shape index (κ3) is 5.66. The Morgan fingerprint density at radius 3 is 2.58 bits per heavy atom. The number of hydrazine groups is 1. The van der Waals surface area contributed by atoms with Gasteiger partial charge < -0.3 is 4.74 Å². The van der Waals surface area contributed by atoms with Gasteiger partial charge in [-0.1, -0.05) is 24.3 Å². The van der Waals surface area contributed by atoms with Gasteiger partial charge in [-0.15, -0.1) is 0 Å². The van der Waals surface area contributed by atoms with Crippen molar-refractivity contribution in [1.29, 1.82) is 0 Å². The lowest BCUT2D eigenvalue weighted by molar-refractivity contribution is -0.128. The molecule has 0 saturated heterocycles. The lowest BCUT2D eigenvalue weighted by Crippen LogP contribution is -2.47. The van der Waals surface area contributed by atoms with Crippen molar-refractivity contribution < 1.29 is 22.9 Å². The van der Waals surface area contributed by atoms with Gasteiger partial charge in [0, 0.05) is 28.4 Å². The third-order valence-corrected chi connectivity index (χ3v) is 4.11. The zero-order valence-corrected chi connectivity index (χ0v) is 15.1. The molecule has 0 heterocycles. The summed E-state index contributed by atoms with van der Waals surface area (Å²) < 4.78 is 30.0. The first-order valence-electron chi connectivity index (χ1n) is 7.77. The van der Waals surface area contributed by atoms with E-state index in [0.717, 1.165) is 5.56 Å². The van der Waals surface area contributed by atoms with E-state index in [4.69, 9.17) is 4.74 Å². The normalized spacial score (nSPS) is 12.7. The molecule has 0 fully saturated rings. The van der Waals surface area contributed by atoms with Crippen LogP contribution in [0.4, 0.5) is 4.39 Å². The minimum atomic E-state index is -1.03. The fraction of sp³-hybridized carbons (Fsp3) is 0.222. The van der Waals surface area contributed by atoms with Gasteiger partial charge in [0.1, 0.15) is 0 Å². The van der Waals surface area contributed by atoms with E-state index >= 15 is 0 Å². The second kappa shape index (κ2) is 9.10. The molecule has 2 amide bonds. The van der Waals surface area contributed by atoms with Crippen molar-refractivity contribution >= 4 is 22.6 Å². The summed E-state index contributed by atoms with van der Waals surface area (Å²) in [5.74, 6) is -1.46. The van der Waals surface area contributed by atoms with Crippen LogP contribution in [0.15, 0.2) is 48.5 Å². The number of carbonyl (C=O) groups is 2. The number of ether oxygens (including phenoxy) is 1. The van der Waals surface area contributed by atoms with Crippen molar-refractivity contribution in [3.05, 3.63) is 65.5 Å². The van der Waals surface area contributed by atoms with Gasteiger partial charge in [0.25, 0.3) is 11.8 Å². The van der Waals surface area contributed by atoms with Crippen molar-refractivity contribution in [2.45, 2.75) is 18.8 Å². The molecule has 0 aromatic heterocycles. The molecule has 0 saturated carbocycles. The lowest BCUT2D eigenvalue weighted by Gasteiger charge is -2.15. The summed E-state index contributed by atoms with van der Waals surface area (Å²) >= 11 is 0. The van der Waals surface area contributed by atoms with Gasteiger partial charge in [0.15, 0.2) is 17.7 Å². The Kier molecular flexibility index (Phi) is 6.85. The van der Waals surface area contributed by atoms with E-state index in [9.17, 15) is 18.2 Å². The molecular weight excluding hydrogens is 359 g/mol. The summed E-state index contributed by atoms with van der Waals surface area (Å²) in [6.07, 6.45) is 0.560. The van der Waals surface area contributed by atoms with Crippen LogP contribution in [0, 0.1) is 5.82 Å². The first-order valence-corrected chi connectivity index (χ1v) is 9.50. The maximum absolute atomic E-state index is 13.5. The van der Waals surface area contributed by atoms with E-state index in [0.29, 0.717) is 11.3 Å². The number of para-hydroxylation sites is 1. The van der Waals surface area contributed by atoms with Gasteiger partial charge in [0.2, 0.25) is 0 Å². The van der Waals surface area contributed by atoms with Gasteiger partial charge in [0.05, 0.1) is 0 Å². The van der Waals surface area contributed by atoms with Crippen molar-refractivity contribution in [3.63, 3.8) is 0 Å². The summed E-state index contributed by atoms with van der Waals surface area (Å²) in [5.41, 5.74) is 5.57. The summed E-state index contributed by atoms with van der Waals surface area (Å²) in [5, 5.41) is 0. The molecule has 138 valence electrons. The fourth-order valence-corrected chi connectivity index (χ4v) is 2.76. The molecule has 0 radical (unpaired) electrons. The van der Waals surface area contributed by atoms with E-state index in [1.54, 1.807) is 36.6 Å².